The van der Waals surface area contributed by atoms with Gasteiger partial charge in [-0.2, -0.15) is 0 Å². The molecule has 0 radical (unpaired) electrons. The third kappa shape index (κ3) is 9.43. The molecule has 0 aromatic carbocycles. The zero-order valence-electron chi connectivity index (χ0n) is 14.5. The number of hydrogen-bond acceptors (Lipinski definition) is 8. The number of aliphatic hydroxyl groups excluding tert-OH is 2. The highest BCUT2D eigenvalue weighted by molar-refractivity contribution is 7.80. The van der Waals surface area contributed by atoms with E-state index < -0.39 is 48.6 Å². The second kappa shape index (κ2) is 11.5. The summed E-state index contributed by atoms with van der Waals surface area (Å²) in [7, 11) is 1.49. The molecule has 2 amide bonds. The first-order valence-corrected chi connectivity index (χ1v) is 8.03. The van der Waals surface area contributed by atoms with Crippen molar-refractivity contribution in [2.24, 2.45) is 11.5 Å². The van der Waals surface area contributed by atoms with Crippen molar-refractivity contribution in [2.75, 3.05) is 20.2 Å². The van der Waals surface area contributed by atoms with Crippen molar-refractivity contribution in [3.05, 3.63) is 0 Å². The van der Waals surface area contributed by atoms with Crippen LogP contribution in [0.25, 0.3) is 0 Å². The zero-order valence-corrected chi connectivity index (χ0v) is 15.3. The Balaban J connectivity index is 4.78. The number of rotatable bonds is 11. The van der Waals surface area contributed by atoms with Crippen molar-refractivity contribution in [1.82, 2.24) is 21.1 Å². The molecular formula is C13H26N6O6S. The quantitative estimate of drug-likeness (QED) is 0.125. The highest BCUT2D eigenvalue weighted by Crippen LogP contribution is 1.96. The molecule has 0 fully saturated rings. The number of amides is 2. The van der Waals surface area contributed by atoms with Gasteiger partial charge >= 0.3 is 5.97 Å². The molecule has 0 saturated heterocycles. The monoisotopic (exact) mass is 394 g/mol. The highest BCUT2D eigenvalue weighted by atomic mass is 32.1. The zero-order chi connectivity index (χ0) is 20.4. The molecule has 0 aliphatic carbocycles. The smallest absolute Gasteiger partial charge is 0.328 e. The van der Waals surface area contributed by atoms with Gasteiger partial charge in [-0.25, -0.2) is 9.80 Å². The number of carboxylic acid groups (broad SMARTS) is 1. The van der Waals surface area contributed by atoms with Crippen LogP contribution in [0.2, 0.25) is 0 Å². The number of likely N-dealkylation sites (N-methyl/N-ethyl adjacent to an activating group) is 1. The van der Waals surface area contributed by atoms with Crippen molar-refractivity contribution in [3.63, 3.8) is 0 Å². The van der Waals surface area contributed by atoms with Crippen LogP contribution < -0.4 is 27.5 Å². The fourth-order valence-corrected chi connectivity index (χ4v) is 2.14. The second-order valence-corrected chi connectivity index (χ2v) is 6.09. The highest BCUT2D eigenvalue weighted by Gasteiger charge is 2.23. The van der Waals surface area contributed by atoms with Crippen LogP contribution in [-0.2, 0) is 14.4 Å². The number of aliphatic carboxylic acids is 1. The van der Waals surface area contributed by atoms with E-state index >= 15 is 0 Å². The molecule has 13 heteroatoms. The summed E-state index contributed by atoms with van der Waals surface area (Å²) < 4.78 is 0. The van der Waals surface area contributed by atoms with E-state index in [1.807, 2.05) is 0 Å². The summed E-state index contributed by atoms with van der Waals surface area (Å²) in [5.41, 5.74) is 13.1. The lowest BCUT2D eigenvalue weighted by molar-refractivity contribution is -0.140. The summed E-state index contributed by atoms with van der Waals surface area (Å²) in [6.45, 7) is 0.733. The van der Waals surface area contributed by atoms with Gasteiger partial charge in [0.1, 0.15) is 12.1 Å². The molecule has 0 heterocycles. The molecule has 150 valence electrons. The van der Waals surface area contributed by atoms with E-state index in [4.69, 9.17) is 33.9 Å². The first-order chi connectivity index (χ1) is 12.0. The lowest BCUT2D eigenvalue weighted by atomic mass is 10.2. The first kappa shape index (κ1) is 23.9. The third-order valence-corrected chi connectivity index (χ3v) is 3.42. The number of nitrogens with zero attached hydrogens (tertiary/aromatic N) is 1. The van der Waals surface area contributed by atoms with Crippen molar-refractivity contribution < 1.29 is 29.7 Å². The van der Waals surface area contributed by atoms with E-state index in [2.05, 4.69) is 16.1 Å². The number of hydrazine groups is 1. The summed E-state index contributed by atoms with van der Waals surface area (Å²) >= 11 is 4.95. The van der Waals surface area contributed by atoms with E-state index in [0.717, 1.165) is 0 Å². The van der Waals surface area contributed by atoms with Crippen LogP contribution >= 0.6 is 12.2 Å². The van der Waals surface area contributed by atoms with Gasteiger partial charge in [-0.15, -0.1) is 0 Å². The van der Waals surface area contributed by atoms with Crippen LogP contribution in [0.15, 0.2) is 0 Å². The Labute approximate surface area is 155 Å². The molecule has 0 aromatic rings. The number of carbonyl (C=O) groups is 3. The Hall–Kier alpha value is -2.06. The van der Waals surface area contributed by atoms with Gasteiger partial charge < -0.3 is 37.4 Å². The molecule has 12 nitrogen and oxygen atoms in total. The summed E-state index contributed by atoms with van der Waals surface area (Å²) in [5.74, 6) is -2.59. The van der Waals surface area contributed by atoms with E-state index in [-0.39, 0.29) is 18.1 Å². The predicted molar refractivity (Wildman–Crippen MR) is 95.4 cm³/mol. The van der Waals surface area contributed by atoms with Crippen LogP contribution in [0.3, 0.4) is 0 Å². The molecule has 0 bridgehead atoms. The van der Waals surface area contributed by atoms with Crippen molar-refractivity contribution in [3.8, 4) is 0 Å². The molecule has 10 N–H and O–H groups in total. The van der Waals surface area contributed by atoms with Gasteiger partial charge in [0, 0.05) is 20.0 Å². The Morgan fingerprint density at radius 3 is 2.27 bits per heavy atom. The van der Waals surface area contributed by atoms with Crippen LogP contribution in [0.4, 0.5) is 0 Å². The van der Waals surface area contributed by atoms with Crippen LogP contribution in [0.5, 0.6) is 0 Å². The molecule has 0 aliphatic rings. The number of hydrogen-bond donors (Lipinski definition) is 8. The average molecular weight is 394 g/mol. The fourth-order valence-electron chi connectivity index (χ4n) is 1.83. The van der Waals surface area contributed by atoms with Gasteiger partial charge in [-0.3, -0.25) is 15.0 Å². The number of carbonyl (C=O) groups excluding carboxylic acids is 2. The minimum Gasteiger partial charge on any atom is -0.480 e. The lowest BCUT2D eigenvalue weighted by Crippen LogP contribution is -2.57. The molecular weight excluding hydrogens is 368 g/mol. The maximum Gasteiger partial charge on any atom is 0.328 e. The Bertz CT molecular complexity index is 519. The standard InChI is InChI=1S/C13H26N6O6S/c1-6(21)10(15)11(23)18-19(2)4-7(3-9(14)22)16-13(26)17-8(5-20)12(24)25/h6-8,10,20-21H,3-5,15H2,1-2H3,(H2,14,22)(H,18,23)(H,24,25)(H2,16,17,26)/t6?,7-,8-,10-/m1/s1. The molecule has 1 unspecified atom stereocenters. The molecule has 0 rings (SSSR count). The summed E-state index contributed by atoms with van der Waals surface area (Å²) in [4.78, 5) is 33.9. The summed E-state index contributed by atoms with van der Waals surface area (Å²) in [6.07, 6.45) is -1.22. The number of thiocarbonyl (C=S) groups is 1. The Morgan fingerprint density at radius 1 is 1.27 bits per heavy atom. The van der Waals surface area contributed by atoms with Gasteiger partial charge in [-0.1, -0.05) is 0 Å². The van der Waals surface area contributed by atoms with Crippen LogP contribution in [0, 0.1) is 0 Å². The average Bonchev–Trinajstić information content (AvgIpc) is 2.50. The largest absolute Gasteiger partial charge is 0.480 e. The Kier molecular flexibility index (Phi) is 10.6. The topological polar surface area (TPSA) is 203 Å². The summed E-state index contributed by atoms with van der Waals surface area (Å²) in [5, 5.41) is 33.4. The van der Waals surface area contributed by atoms with E-state index in [1.165, 1.54) is 19.0 Å². The number of aliphatic hydroxyl groups is 2. The van der Waals surface area contributed by atoms with Gasteiger partial charge in [0.15, 0.2) is 5.11 Å². The maximum absolute atomic E-state index is 11.8. The van der Waals surface area contributed by atoms with E-state index in [9.17, 15) is 19.5 Å². The molecule has 4 atom stereocenters. The molecule has 0 aliphatic heterocycles. The molecule has 26 heavy (non-hydrogen) atoms. The number of carboxylic acids is 1. The molecule has 0 aromatic heterocycles. The fraction of sp³-hybridized carbons (Fsp3) is 0.692. The number of nitrogens with one attached hydrogen (secondary N) is 3. The van der Waals surface area contributed by atoms with E-state index in [0.29, 0.717) is 0 Å². The first-order valence-electron chi connectivity index (χ1n) is 7.62. The van der Waals surface area contributed by atoms with Gasteiger partial charge in [-0.05, 0) is 19.1 Å². The molecule has 0 spiro atoms. The Morgan fingerprint density at radius 2 is 1.85 bits per heavy atom. The van der Waals surface area contributed by atoms with Gasteiger partial charge in [0.2, 0.25) is 5.91 Å². The second-order valence-electron chi connectivity index (χ2n) is 5.68. The lowest BCUT2D eigenvalue weighted by Gasteiger charge is -2.27. The van der Waals surface area contributed by atoms with Gasteiger partial charge in [0.05, 0.1) is 18.8 Å². The van der Waals surface area contributed by atoms with Crippen molar-refractivity contribution >= 4 is 35.1 Å². The maximum atomic E-state index is 11.8. The number of nitrogens with two attached hydrogens (primary N) is 2. The normalized spacial score (nSPS) is 15.5. The predicted octanol–water partition coefficient (Wildman–Crippen LogP) is -4.19. The van der Waals surface area contributed by atoms with Crippen LogP contribution in [0.1, 0.15) is 13.3 Å². The van der Waals surface area contributed by atoms with Crippen LogP contribution in [-0.4, -0.2) is 87.7 Å². The van der Waals surface area contributed by atoms with Crippen molar-refractivity contribution in [2.45, 2.75) is 37.6 Å². The van der Waals surface area contributed by atoms with Crippen molar-refractivity contribution in [1.29, 1.82) is 0 Å². The number of primary amides is 1. The third-order valence-electron chi connectivity index (χ3n) is 3.19. The minimum absolute atomic E-state index is 0.0554. The van der Waals surface area contributed by atoms with E-state index in [1.54, 1.807) is 0 Å². The van der Waals surface area contributed by atoms with Gasteiger partial charge in [0.25, 0.3) is 5.91 Å². The molecule has 0 saturated carbocycles. The minimum atomic E-state index is -1.31. The SMILES string of the molecule is CC(O)[C@@H](N)C(=O)NN(C)C[C@@H](CC(N)=O)NC(=S)N[C@H](CO)C(=O)O. The summed E-state index contributed by atoms with van der Waals surface area (Å²) in [6, 6.07) is -3.12.